The number of aryl methyl sites for hydroxylation is 3. The number of nitrogens with zero attached hydrogens (tertiary/aromatic N) is 4. The highest BCUT2D eigenvalue weighted by Gasteiger charge is 2.35. The molecule has 3 aromatic rings. The largest absolute Gasteiger partial charge is 0.435 e. The molecule has 1 aliphatic carbocycles. The topological polar surface area (TPSA) is 81.8 Å². The van der Waals surface area contributed by atoms with Crippen LogP contribution in [0.5, 0.6) is 0 Å². The summed E-state index contributed by atoms with van der Waals surface area (Å²) in [5.41, 5.74) is 1.42. The van der Waals surface area contributed by atoms with E-state index in [2.05, 4.69) is 22.4 Å². The summed E-state index contributed by atoms with van der Waals surface area (Å²) in [6.07, 6.45) is -2.05. The van der Waals surface area contributed by atoms with E-state index in [0.29, 0.717) is 22.2 Å². The predicted molar refractivity (Wildman–Crippen MR) is 102 cm³/mol. The van der Waals surface area contributed by atoms with Gasteiger partial charge in [0.05, 0.1) is 5.39 Å². The Balaban J connectivity index is 1.74. The molecule has 0 radical (unpaired) electrons. The lowest BCUT2D eigenvalue weighted by molar-refractivity contribution is -0.141. The van der Waals surface area contributed by atoms with Gasteiger partial charge in [-0.05, 0) is 37.7 Å². The fourth-order valence-electron chi connectivity index (χ4n) is 3.60. The van der Waals surface area contributed by atoms with Gasteiger partial charge in [-0.2, -0.15) is 18.3 Å². The fourth-order valence-corrected chi connectivity index (χ4v) is 5.02. The number of aromatic nitrogens is 4. The zero-order valence-corrected chi connectivity index (χ0v) is 16.7. The monoisotopic (exact) mass is 425 g/mol. The van der Waals surface area contributed by atoms with Gasteiger partial charge in [-0.15, -0.1) is 11.3 Å². The highest BCUT2D eigenvalue weighted by molar-refractivity contribution is 7.18. The molecule has 11 heteroatoms. The maximum atomic E-state index is 13.1. The number of carbonyl (C=O) groups is 1. The van der Waals surface area contributed by atoms with Gasteiger partial charge in [0, 0.05) is 18.0 Å². The first-order valence-electron chi connectivity index (χ1n) is 9.02. The number of hydrogen-bond donors (Lipinski definition) is 1. The van der Waals surface area contributed by atoms with E-state index in [1.165, 1.54) is 18.4 Å². The summed E-state index contributed by atoms with van der Waals surface area (Å²) in [6, 6.07) is 0.648. The van der Waals surface area contributed by atoms with Crippen molar-refractivity contribution in [1.82, 2.24) is 19.4 Å². The van der Waals surface area contributed by atoms with E-state index >= 15 is 0 Å². The normalized spacial score (nSPS) is 16.8. The van der Waals surface area contributed by atoms with E-state index in [-0.39, 0.29) is 11.5 Å². The average Bonchev–Trinajstić information content (AvgIpc) is 3.18. The van der Waals surface area contributed by atoms with E-state index in [9.17, 15) is 22.8 Å². The van der Waals surface area contributed by atoms with E-state index in [0.717, 1.165) is 39.1 Å². The van der Waals surface area contributed by atoms with E-state index in [1.807, 2.05) is 0 Å². The number of fused-ring (bicyclic) bond motifs is 3. The van der Waals surface area contributed by atoms with Gasteiger partial charge in [0.1, 0.15) is 16.3 Å². The Morgan fingerprint density at radius 2 is 2.10 bits per heavy atom. The van der Waals surface area contributed by atoms with Crippen molar-refractivity contribution in [2.75, 3.05) is 5.43 Å². The SMILES string of the molecule is Cc1nc2sc3c(c2c(=O)n1NC(=O)c1cc(C(F)(F)F)nn1C)CCC(C)C3. The van der Waals surface area contributed by atoms with Gasteiger partial charge in [0.2, 0.25) is 0 Å². The van der Waals surface area contributed by atoms with Crippen LogP contribution in [0.2, 0.25) is 0 Å². The van der Waals surface area contributed by atoms with Crippen molar-refractivity contribution < 1.29 is 18.0 Å². The van der Waals surface area contributed by atoms with Gasteiger partial charge in [-0.3, -0.25) is 19.7 Å². The van der Waals surface area contributed by atoms with Crippen molar-refractivity contribution in [2.24, 2.45) is 13.0 Å². The molecule has 29 heavy (non-hydrogen) atoms. The molecule has 3 heterocycles. The maximum Gasteiger partial charge on any atom is 0.435 e. The molecular formula is C18H18F3N5O2S. The summed E-state index contributed by atoms with van der Waals surface area (Å²) in [6.45, 7) is 3.72. The third-order valence-corrected chi connectivity index (χ3v) is 6.26. The van der Waals surface area contributed by atoms with Crippen LogP contribution in [0.4, 0.5) is 13.2 Å². The van der Waals surface area contributed by atoms with Crippen molar-refractivity contribution >= 4 is 27.5 Å². The van der Waals surface area contributed by atoms with Crippen molar-refractivity contribution in [3.05, 3.63) is 44.1 Å². The summed E-state index contributed by atoms with van der Waals surface area (Å²) in [5.74, 6) is -0.0912. The van der Waals surface area contributed by atoms with Gasteiger partial charge >= 0.3 is 6.18 Å². The minimum absolute atomic E-state index is 0.251. The second-order valence-electron chi connectivity index (χ2n) is 7.31. The standard InChI is InChI=1S/C18H18F3N5O2S/c1-8-4-5-10-12(6-8)29-16-14(10)17(28)26(9(2)22-16)24-15(27)11-7-13(18(19,20)21)23-25(11)3/h7-8H,4-6H2,1-3H3,(H,24,27). The quantitative estimate of drug-likeness (QED) is 0.684. The molecule has 0 fully saturated rings. The Bertz CT molecular complexity index is 1190. The maximum absolute atomic E-state index is 13.1. The van der Waals surface area contributed by atoms with Crippen LogP contribution in [0.15, 0.2) is 10.9 Å². The summed E-state index contributed by atoms with van der Waals surface area (Å²) >= 11 is 1.49. The summed E-state index contributed by atoms with van der Waals surface area (Å²) in [7, 11) is 1.23. The van der Waals surface area contributed by atoms with Gasteiger partial charge in [-0.1, -0.05) is 6.92 Å². The lowest BCUT2D eigenvalue weighted by Gasteiger charge is -2.17. The van der Waals surface area contributed by atoms with Crippen LogP contribution in [0, 0.1) is 12.8 Å². The number of alkyl halides is 3. The molecule has 0 saturated heterocycles. The van der Waals surface area contributed by atoms with E-state index < -0.39 is 23.3 Å². The molecule has 0 aromatic carbocycles. The van der Waals surface area contributed by atoms with Crippen molar-refractivity contribution in [3.8, 4) is 0 Å². The number of rotatable bonds is 2. The number of halogens is 3. The first kappa shape index (κ1) is 19.6. The predicted octanol–water partition coefficient (Wildman–Crippen LogP) is 3.03. The Kier molecular flexibility index (Phi) is 4.52. The van der Waals surface area contributed by atoms with Crippen molar-refractivity contribution in [1.29, 1.82) is 0 Å². The van der Waals surface area contributed by atoms with Crippen LogP contribution in [0.25, 0.3) is 10.2 Å². The molecule has 0 aliphatic heterocycles. The molecular weight excluding hydrogens is 407 g/mol. The van der Waals surface area contributed by atoms with Crippen LogP contribution in [0.1, 0.15) is 45.8 Å². The minimum Gasteiger partial charge on any atom is -0.267 e. The van der Waals surface area contributed by atoms with Crippen LogP contribution < -0.4 is 11.0 Å². The molecule has 0 spiro atoms. The smallest absolute Gasteiger partial charge is 0.267 e. The second-order valence-corrected chi connectivity index (χ2v) is 8.39. The van der Waals surface area contributed by atoms with Crippen molar-refractivity contribution in [2.45, 2.75) is 39.3 Å². The Labute approximate surface area is 167 Å². The Morgan fingerprint density at radius 1 is 1.38 bits per heavy atom. The lowest BCUT2D eigenvalue weighted by Crippen LogP contribution is -2.36. The highest BCUT2D eigenvalue weighted by atomic mass is 32.1. The fraction of sp³-hybridized carbons (Fsp3) is 0.444. The first-order valence-corrected chi connectivity index (χ1v) is 9.84. The molecule has 7 nitrogen and oxygen atoms in total. The van der Waals surface area contributed by atoms with Crippen LogP contribution >= 0.6 is 11.3 Å². The van der Waals surface area contributed by atoms with Crippen LogP contribution in [-0.4, -0.2) is 25.3 Å². The molecule has 4 rings (SSSR count). The number of hydrogen-bond acceptors (Lipinski definition) is 5. The third kappa shape index (κ3) is 3.33. The van der Waals surface area contributed by atoms with Crippen LogP contribution in [0.3, 0.4) is 0 Å². The summed E-state index contributed by atoms with van der Waals surface area (Å²) in [5, 5.41) is 3.80. The molecule has 1 atom stereocenters. The summed E-state index contributed by atoms with van der Waals surface area (Å²) in [4.78, 5) is 31.9. The van der Waals surface area contributed by atoms with Gasteiger partial charge in [-0.25, -0.2) is 9.66 Å². The Morgan fingerprint density at radius 3 is 2.76 bits per heavy atom. The molecule has 1 N–H and O–H groups in total. The van der Waals surface area contributed by atoms with E-state index in [4.69, 9.17) is 0 Å². The van der Waals surface area contributed by atoms with Crippen LogP contribution in [-0.2, 0) is 26.1 Å². The van der Waals surface area contributed by atoms with Crippen molar-refractivity contribution in [3.63, 3.8) is 0 Å². The average molecular weight is 425 g/mol. The highest BCUT2D eigenvalue weighted by Crippen LogP contribution is 2.35. The number of carbonyl (C=O) groups excluding carboxylic acids is 1. The van der Waals surface area contributed by atoms with Gasteiger partial charge in [0.25, 0.3) is 11.5 Å². The molecule has 0 bridgehead atoms. The lowest BCUT2D eigenvalue weighted by atomic mass is 9.89. The number of nitrogens with one attached hydrogen (secondary N) is 1. The first-order chi connectivity index (χ1) is 13.6. The number of thiophene rings is 1. The third-order valence-electron chi connectivity index (χ3n) is 5.11. The molecule has 1 amide bonds. The van der Waals surface area contributed by atoms with Gasteiger partial charge in [0.15, 0.2) is 5.69 Å². The molecule has 3 aromatic heterocycles. The number of amides is 1. The zero-order chi connectivity index (χ0) is 21.1. The minimum atomic E-state index is -4.67. The molecule has 1 unspecified atom stereocenters. The second kappa shape index (κ2) is 6.68. The molecule has 0 saturated carbocycles. The molecule has 1 aliphatic rings. The Hall–Kier alpha value is -2.69. The zero-order valence-electron chi connectivity index (χ0n) is 15.9. The summed E-state index contributed by atoms with van der Waals surface area (Å²) < 4.78 is 40.4. The van der Waals surface area contributed by atoms with E-state index in [1.54, 1.807) is 6.92 Å². The van der Waals surface area contributed by atoms with Gasteiger partial charge < -0.3 is 0 Å². The molecule has 154 valence electrons.